The van der Waals surface area contributed by atoms with Crippen molar-refractivity contribution in [3.05, 3.63) is 23.8 Å². The number of nitrogens with one attached hydrogen (secondary N) is 1. The van der Waals surface area contributed by atoms with Gasteiger partial charge in [0.05, 0.1) is 13.7 Å². The summed E-state index contributed by atoms with van der Waals surface area (Å²) in [5.74, 6) is 1.80. The van der Waals surface area contributed by atoms with E-state index in [4.69, 9.17) is 9.47 Å². The van der Waals surface area contributed by atoms with Crippen molar-refractivity contribution in [3.8, 4) is 11.5 Å². The fraction of sp³-hybridized carbons (Fsp3) is 0.500. The molecule has 0 fully saturated rings. The second-order valence-electron chi connectivity index (χ2n) is 3.35. The van der Waals surface area contributed by atoms with Crippen LogP contribution in [0.4, 0.5) is 0 Å². The molecule has 0 heterocycles. The zero-order valence-corrected chi connectivity index (χ0v) is 9.67. The van der Waals surface area contributed by atoms with Gasteiger partial charge < -0.3 is 14.8 Å². The molecular weight excluding hydrogens is 190 g/mol. The highest BCUT2D eigenvalue weighted by Crippen LogP contribution is 2.23. The van der Waals surface area contributed by atoms with Crippen molar-refractivity contribution < 1.29 is 9.47 Å². The Balaban J connectivity index is 2.79. The SMILES string of the molecule is CCCOc1ccc(OC)c(CNC)c1. The van der Waals surface area contributed by atoms with E-state index in [1.54, 1.807) is 7.11 Å². The molecule has 0 atom stereocenters. The van der Waals surface area contributed by atoms with E-state index in [1.165, 1.54) is 0 Å². The zero-order valence-electron chi connectivity index (χ0n) is 9.67. The van der Waals surface area contributed by atoms with Gasteiger partial charge in [0.25, 0.3) is 0 Å². The minimum atomic E-state index is 0.755. The molecule has 0 spiro atoms. The number of hydrogen-bond donors (Lipinski definition) is 1. The summed E-state index contributed by atoms with van der Waals surface area (Å²) < 4.78 is 10.8. The molecule has 0 aliphatic carbocycles. The van der Waals surface area contributed by atoms with Gasteiger partial charge in [-0.05, 0) is 31.7 Å². The summed E-state index contributed by atoms with van der Waals surface area (Å²) in [7, 11) is 3.60. The molecule has 1 rings (SSSR count). The summed E-state index contributed by atoms with van der Waals surface area (Å²) in [6.45, 7) is 3.63. The quantitative estimate of drug-likeness (QED) is 0.779. The molecule has 0 amide bonds. The molecule has 3 nitrogen and oxygen atoms in total. The van der Waals surface area contributed by atoms with E-state index in [1.807, 2.05) is 25.2 Å². The van der Waals surface area contributed by atoms with Gasteiger partial charge in [0.15, 0.2) is 0 Å². The average molecular weight is 209 g/mol. The first-order valence-corrected chi connectivity index (χ1v) is 5.26. The van der Waals surface area contributed by atoms with Crippen molar-refractivity contribution in [2.24, 2.45) is 0 Å². The summed E-state index contributed by atoms with van der Waals surface area (Å²) in [4.78, 5) is 0. The van der Waals surface area contributed by atoms with Crippen molar-refractivity contribution in [1.29, 1.82) is 0 Å². The van der Waals surface area contributed by atoms with Crippen LogP contribution in [0.15, 0.2) is 18.2 Å². The first-order chi connectivity index (χ1) is 7.31. The maximum absolute atomic E-state index is 5.56. The molecule has 0 aromatic heterocycles. The lowest BCUT2D eigenvalue weighted by Crippen LogP contribution is -2.07. The van der Waals surface area contributed by atoms with Crippen LogP contribution in [0, 0.1) is 0 Å². The van der Waals surface area contributed by atoms with Crippen LogP contribution in [0.3, 0.4) is 0 Å². The standard InChI is InChI=1S/C12H19NO2/c1-4-7-15-11-5-6-12(14-3)10(8-11)9-13-2/h5-6,8,13H,4,7,9H2,1-3H3. The minimum Gasteiger partial charge on any atom is -0.496 e. The summed E-state index contributed by atoms with van der Waals surface area (Å²) >= 11 is 0. The van der Waals surface area contributed by atoms with Crippen LogP contribution in [0.2, 0.25) is 0 Å². The molecule has 0 unspecified atom stereocenters. The third-order valence-corrected chi connectivity index (χ3v) is 2.09. The average Bonchev–Trinajstić information content (AvgIpc) is 2.27. The summed E-state index contributed by atoms with van der Waals surface area (Å²) in [6, 6.07) is 5.90. The Morgan fingerprint density at radius 2 is 2.13 bits per heavy atom. The van der Waals surface area contributed by atoms with Crippen molar-refractivity contribution in [2.75, 3.05) is 20.8 Å². The van der Waals surface area contributed by atoms with Crippen LogP contribution in [0.1, 0.15) is 18.9 Å². The van der Waals surface area contributed by atoms with E-state index >= 15 is 0 Å². The van der Waals surface area contributed by atoms with Crippen LogP contribution in [0.25, 0.3) is 0 Å². The number of hydrogen-bond acceptors (Lipinski definition) is 3. The Morgan fingerprint density at radius 3 is 2.73 bits per heavy atom. The zero-order chi connectivity index (χ0) is 11.1. The second-order valence-corrected chi connectivity index (χ2v) is 3.35. The fourth-order valence-electron chi connectivity index (χ4n) is 1.39. The van der Waals surface area contributed by atoms with E-state index in [0.29, 0.717) is 0 Å². The topological polar surface area (TPSA) is 30.5 Å². The highest BCUT2D eigenvalue weighted by atomic mass is 16.5. The van der Waals surface area contributed by atoms with Crippen LogP contribution >= 0.6 is 0 Å². The first kappa shape index (κ1) is 11.9. The van der Waals surface area contributed by atoms with Gasteiger partial charge in [0.2, 0.25) is 0 Å². The van der Waals surface area contributed by atoms with Crippen molar-refractivity contribution in [2.45, 2.75) is 19.9 Å². The molecule has 0 aliphatic heterocycles. The number of rotatable bonds is 6. The maximum atomic E-state index is 5.56. The monoisotopic (exact) mass is 209 g/mol. The molecule has 0 radical (unpaired) electrons. The van der Waals surface area contributed by atoms with Crippen molar-refractivity contribution in [3.63, 3.8) is 0 Å². The highest BCUT2D eigenvalue weighted by molar-refractivity contribution is 5.40. The van der Waals surface area contributed by atoms with Gasteiger partial charge in [0.1, 0.15) is 11.5 Å². The smallest absolute Gasteiger partial charge is 0.123 e. The Labute approximate surface area is 91.4 Å². The summed E-state index contributed by atoms with van der Waals surface area (Å²) in [5, 5.41) is 3.11. The fourth-order valence-corrected chi connectivity index (χ4v) is 1.39. The van der Waals surface area contributed by atoms with Crippen LogP contribution in [-0.4, -0.2) is 20.8 Å². The second kappa shape index (κ2) is 6.30. The Hall–Kier alpha value is -1.22. The number of benzene rings is 1. The van der Waals surface area contributed by atoms with E-state index in [2.05, 4.69) is 12.2 Å². The molecule has 0 aliphatic rings. The van der Waals surface area contributed by atoms with E-state index in [0.717, 1.165) is 36.6 Å². The van der Waals surface area contributed by atoms with E-state index in [-0.39, 0.29) is 0 Å². The molecular formula is C12H19NO2. The lowest BCUT2D eigenvalue weighted by Gasteiger charge is -2.11. The third-order valence-electron chi connectivity index (χ3n) is 2.09. The number of methoxy groups -OCH3 is 1. The Bertz CT molecular complexity index is 300. The van der Waals surface area contributed by atoms with Gasteiger partial charge in [-0.1, -0.05) is 6.92 Å². The lowest BCUT2D eigenvalue weighted by atomic mass is 10.2. The summed E-state index contributed by atoms with van der Waals surface area (Å²) in [6.07, 6.45) is 1.02. The van der Waals surface area contributed by atoms with Crippen LogP contribution in [-0.2, 0) is 6.54 Å². The molecule has 0 saturated heterocycles. The lowest BCUT2D eigenvalue weighted by molar-refractivity contribution is 0.316. The minimum absolute atomic E-state index is 0.755. The molecule has 1 aromatic rings. The molecule has 0 saturated carbocycles. The molecule has 0 bridgehead atoms. The van der Waals surface area contributed by atoms with Gasteiger partial charge in [-0.3, -0.25) is 0 Å². The van der Waals surface area contributed by atoms with Crippen LogP contribution in [0.5, 0.6) is 11.5 Å². The number of ether oxygens (including phenoxy) is 2. The van der Waals surface area contributed by atoms with E-state index in [9.17, 15) is 0 Å². The van der Waals surface area contributed by atoms with Gasteiger partial charge in [-0.2, -0.15) is 0 Å². The Kier molecular flexibility index (Phi) is 4.98. The summed E-state index contributed by atoms with van der Waals surface area (Å²) in [5.41, 5.74) is 1.12. The van der Waals surface area contributed by atoms with Gasteiger partial charge in [0, 0.05) is 12.1 Å². The largest absolute Gasteiger partial charge is 0.496 e. The van der Waals surface area contributed by atoms with Crippen molar-refractivity contribution >= 4 is 0 Å². The predicted molar refractivity (Wildman–Crippen MR) is 61.5 cm³/mol. The molecule has 1 N–H and O–H groups in total. The highest BCUT2D eigenvalue weighted by Gasteiger charge is 2.03. The molecule has 3 heteroatoms. The van der Waals surface area contributed by atoms with E-state index < -0.39 is 0 Å². The first-order valence-electron chi connectivity index (χ1n) is 5.26. The van der Waals surface area contributed by atoms with Gasteiger partial charge >= 0.3 is 0 Å². The molecule has 1 aromatic carbocycles. The molecule has 15 heavy (non-hydrogen) atoms. The third kappa shape index (κ3) is 3.44. The normalized spacial score (nSPS) is 10.1. The molecule has 84 valence electrons. The van der Waals surface area contributed by atoms with Gasteiger partial charge in [-0.15, -0.1) is 0 Å². The Morgan fingerprint density at radius 1 is 1.33 bits per heavy atom. The predicted octanol–water partition coefficient (Wildman–Crippen LogP) is 2.20. The van der Waals surface area contributed by atoms with Gasteiger partial charge in [-0.25, -0.2) is 0 Å². The maximum Gasteiger partial charge on any atom is 0.123 e. The van der Waals surface area contributed by atoms with Crippen LogP contribution < -0.4 is 14.8 Å². The van der Waals surface area contributed by atoms with Crippen molar-refractivity contribution in [1.82, 2.24) is 5.32 Å².